The summed E-state index contributed by atoms with van der Waals surface area (Å²) >= 11 is 0. The fourth-order valence-corrected chi connectivity index (χ4v) is 0.691. The summed E-state index contributed by atoms with van der Waals surface area (Å²) in [6, 6.07) is 0. The zero-order chi connectivity index (χ0) is 13.3. The first-order chi connectivity index (χ1) is 7.33. The molecule has 0 spiro atoms. The maximum Gasteiger partial charge on any atom is 0.249 e. The highest BCUT2D eigenvalue weighted by Gasteiger charge is 2.32. The van der Waals surface area contributed by atoms with Crippen LogP contribution in [-0.2, 0) is 4.79 Å². The Bertz CT molecular complexity index is 189. The maximum atomic E-state index is 10.3. The molecule has 4 atom stereocenters. The van der Waals surface area contributed by atoms with Gasteiger partial charge in [-0.3, -0.25) is 4.79 Å². The van der Waals surface area contributed by atoms with Crippen molar-refractivity contribution in [3.05, 3.63) is 0 Å². The van der Waals surface area contributed by atoms with Crippen molar-refractivity contribution in [3.8, 4) is 0 Å². The Balaban J connectivity index is 0. The molecule has 4 unspecified atom stereocenters. The Labute approximate surface area is 91.0 Å². The van der Waals surface area contributed by atoms with Crippen LogP contribution in [0.25, 0.3) is 0 Å². The Morgan fingerprint density at radius 1 is 1.00 bits per heavy atom. The van der Waals surface area contributed by atoms with Crippen LogP contribution in [0.5, 0.6) is 0 Å². The van der Waals surface area contributed by atoms with Gasteiger partial charge in [0.1, 0.15) is 25.1 Å². The van der Waals surface area contributed by atoms with Gasteiger partial charge in [-0.2, -0.15) is 0 Å². The molecule has 16 heavy (non-hydrogen) atoms. The van der Waals surface area contributed by atoms with E-state index in [1.165, 1.54) is 0 Å². The summed E-state index contributed by atoms with van der Waals surface area (Å²) in [5, 5.41) is 58.2. The van der Waals surface area contributed by atoms with Gasteiger partial charge in [-0.15, -0.1) is 0 Å². The molecule has 0 heterocycles. The molecule has 0 aromatic heterocycles. The van der Waals surface area contributed by atoms with Crippen molar-refractivity contribution in [2.75, 3.05) is 13.4 Å². The smallest absolute Gasteiger partial charge is 0.249 e. The predicted octanol–water partition coefficient (Wildman–Crippen LogP) is -5.16. The highest BCUT2D eigenvalue weighted by atomic mass is 16.5. The van der Waals surface area contributed by atoms with E-state index in [0.717, 1.165) is 0 Å². The second-order valence-corrected chi connectivity index (χ2v) is 2.72. The van der Waals surface area contributed by atoms with Gasteiger partial charge in [0.25, 0.3) is 0 Å². The van der Waals surface area contributed by atoms with E-state index in [1.807, 2.05) is 0 Å². The summed E-state index contributed by atoms with van der Waals surface area (Å²) < 4.78 is 0. The van der Waals surface area contributed by atoms with E-state index in [4.69, 9.17) is 35.7 Å². The normalized spacial score (nSPS) is 17.7. The van der Waals surface area contributed by atoms with Gasteiger partial charge < -0.3 is 41.5 Å². The van der Waals surface area contributed by atoms with E-state index >= 15 is 0 Å². The van der Waals surface area contributed by atoms with Crippen molar-refractivity contribution in [2.24, 2.45) is 5.73 Å². The van der Waals surface area contributed by atoms with Crippen molar-refractivity contribution in [2.45, 2.75) is 24.4 Å². The zero-order valence-electron chi connectivity index (χ0n) is 8.34. The fraction of sp³-hybridized carbons (Fsp3) is 0.857. The molecule has 0 saturated carbocycles. The summed E-state index contributed by atoms with van der Waals surface area (Å²) in [6.07, 6.45) is -7.35. The molecule has 0 radical (unpaired) electrons. The zero-order valence-corrected chi connectivity index (χ0v) is 8.34. The van der Waals surface area contributed by atoms with Crippen LogP contribution in [-0.4, -0.2) is 79.5 Å². The van der Waals surface area contributed by atoms with Gasteiger partial charge >= 0.3 is 0 Å². The topological polar surface area (TPSA) is 185 Å². The first kappa shape index (κ1) is 17.6. The summed E-state index contributed by atoms with van der Waals surface area (Å²) in [5.41, 5.74) is 4.61. The second-order valence-electron chi connectivity index (χ2n) is 2.72. The minimum absolute atomic E-state index is 0.750. The number of aliphatic hydroxyl groups is 7. The number of hydrogen-bond donors (Lipinski definition) is 8. The van der Waals surface area contributed by atoms with Gasteiger partial charge in [0.2, 0.25) is 5.91 Å². The van der Waals surface area contributed by atoms with Gasteiger partial charge in [0.05, 0.1) is 6.61 Å². The van der Waals surface area contributed by atoms with E-state index in [-0.39, 0.29) is 0 Å². The van der Waals surface area contributed by atoms with Crippen LogP contribution in [0.1, 0.15) is 0 Å². The molecule has 1 amide bonds. The molecular weight excluding hydrogens is 226 g/mol. The van der Waals surface area contributed by atoms with Gasteiger partial charge in [-0.1, -0.05) is 0 Å². The standard InChI is InChI=1S/C6H13NO6.CH4O2/c7-6(13)5(12)4(11)3(10)2(9)1-8;2-1-3/h2-5,8-12H,1H2,(H2,7,13);2-3H,1H2. The molecule has 9 heteroatoms. The summed E-state index contributed by atoms with van der Waals surface area (Å²) in [7, 11) is 0. The molecule has 0 aromatic rings. The summed E-state index contributed by atoms with van der Waals surface area (Å²) in [6.45, 7) is -1.55. The van der Waals surface area contributed by atoms with Crippen LogP contribution >= 0.6 is 0 Å². The van der Waals surface area contributed by atoms with Crippen LogP contribution in [0.15, 0.2) is 0 Å². The predicted molar refractivity (Wildman–Crippen MR) is 49.6 cm³/mol. The second kappa shape index (κ2) is 9.42. The highest BCUT2D eigenvalue weighted by molar-refractivity contribution is 5.79. The van der Waals surface area contributed by atoms with Crippen LogP contribution in [0.3, 0.4) is 0 Å². The average Bonchev–Trinajstić information content (AvgIpc) is 2.25. The van der Waals surface area contributed by atoms with Crippen LogP contribution in [0.4, 0.5) is 0 Å². The lowest BCUT2D eigenvalue weighted by Crippen LogP contribution is -2.50. The lowest BCUT2D eigenvalue weighted by atomic mass is 10.0. The number of rotatable bonds is 5. The lowest BCUT2D eigenvalue weighted by Gasteiger charge is -2.23. The number of carbonyl (C=O) groups is 1. The molecule has 9 N–H and O–H groups in total. The molecule has 0 saturated heterocycles. The Morgan fingerprint density at radius 3 is 1.62 bits per heavy atom. The minimum atomic E-state index is -1.98. The quantitative estimate of drug-likeness (QED) is 0.220. The van der Waals surface area contributed by atoms with Gasteiger partial charge in [0.15, 0.2) is 6.10 Å². The molecule has 9 nitrogen and oxygen atoms in total. The summed E-state index contributed by atoms with van der Waals surface area (Å²) in [5.74, 6) is -1.23. The Morgan fingerprint density at radius 2 is 1.38 bits per heavy atom. The first-order valence-electron chi connectivity index (χ1n) is 4.17. The van der Waals surface area contributed by atoms with Crippen molar-refractivity contribution < 1.29 is 40.5 Å². The van der Waals surface area contributed by atoms with Crippen LogP contribution < -0.4 is 5.73 Å². The number of nitrogens with two attached hydrogens (primary N) is 1. The number of carbonyl (C=O) groups excluding carboxylic acids is 1. The number of amides is 1. The highest BCUT2D eigenvalue weighted by Crippen LogP contribution is 2.04. The first-order valence-corrected chi connectivity index (χ1v) is 4.17. The van der Waals surface area contributed by atoms with Crippen molar-refractivity contribution >= 4 is 5.91 Å². The van der Waals surface area contributed by atoms with Crippen molar-refractivity contribution in [1.82, 2.24) is 0 Å². The molecule has 0 aliphatic rings. The van der Waals surface area contributed by atoms with E-state index < -0.39 is 43.7 Å². The van der Waals surface area contributed by atoms with Crippen molar-refractivity contribution in [1.29, 1.82) is 0 Å². The number of hydrogen-bond acceptors (Lipinski definition) is 8. The van der Waals surface area contributed by atoms with Gasteiger partial charge in [0, 0.05) is 0 Å². The molecule has 0 aromatic carbocycles. The van der Waals surface area contributed by atoms with E-state index in [1.54, 1.807) is 0 Å². The lowest BCUT2D eigenvalue weighted by molar-refractivity contribution is -0.146. The molecule has 98 valence electrons. The maximum absolute atomic E-state index is 10.3. The van der Waals surface area contributed by atoms with E-state index in [0.29, 0.717) is 0 Å². The van der Waals surface area contributed by atoms with E-state index in [2.05, 4.69) is 5.73 Å². The van der Waals surface area contributed by atoms with Crippen LogP contribution in [0.2, 0.25) is 0 Å². The average molecular weight is 243 g/mol. The molecule has 0 rings (SSSR count). The Kier molecular flexibility index (Phi) is 10.3. The van der Waals surface area contributed by atoms with Crippen LogP contribution in [0, 0.1) is 0 Å². The summed E-state index contributed by atoms with van der Waals surface area (Å²) in [4.78, 5) is 10.3. The third-order valence-corrected chi connectivity index (χ3v) is 1.55. The van der Waals surface area contributed by atoms with Gasteiger partial charge in [-0.25, -0.2) is 0 Å². The Hall–Kier alpha value is -0.810. The molecule has 0 aliphatic heterocycles. The minimum Gasteiger partial charge on any atom is -0.394 e. The third kappa shape index (κ3) is 6.63. The largest absolute Gasteiger partial charge is 0.394 e. The molecule has 0 aliphatic carbocycles. The molecular formula is C7H17NO8. The van der Waals surface area contributed by atoms with E-state index in [9.17, 15) is 4.79 Å². The SMILES string of the molecule is NC(=O)C(O)C(O)C(O)C(O)CO.OCO. The fourth-order valence-electron chi connectivity index (χ4n) is 0.691. The van der Waals surface area contributed by atoms with Crippen molar-refractivity contribution in [3.63, 3.8) is 0 Å². The number of aliphatic hydroxyl groups excluding tert-OH is 6. The monoisotopic (exact) mass is 243 g/mol. The molecule has 0 fully saturated rings. The third-order valence-electron chi connectivity index (χ3n) is 1.55. The number of primary amides is 1. The van der Waals surface area contributed by atoms with Gasteiger partial charge in [-0.05, 0) is 0 Å². The molecule has 0 bridgehead atoms.